The number of halogens is 2. The predicted octanol–water partition coefficient (Wildman–Crippen LogP) is 2.51. The van der Waals surface area contributed by atoms with Crippen LogP contribution < -0.4 is 0 Å². The summed E-state index contributed by atoms with van der Waals surface area (Å²) in [5.74, 6) is -2.07. The minimum absolute atomic E-state index is 0.0595. The molecule has 0 saturated heterocycles. The summed E-state index contributed by atoms with van der Waals surface area (Å²) in [7, 11) is 1.24. The van der Waals surface area contributed by atoms with Gasteiger partial charge in [0.05, 0.1) is 19.3 Å². The minimum Gasteiger partial charge on any atom is -0.464 e. The van der Waals surface area contributed by atoms with Gasteiger partial charge in [0.25, 0.3) is 0 Å². The highest BCUT2D eigenvalue weighted by atomic mass is 19.1. The van der Waals surface area contributed by atoms with Gasteiger partial charge in [-0.25, -0.2) is 18.3 Å². The molecule has 0 unspecified atom stereocenters. The van der Waals surface area contributed by atoms with Crippen molar-refractivity contribution in [2.45, 2.75) is 26.3 Å². The van der Waals surface area contributed by atoms with Gasteiger partial charge in [0.15, 0.2) is 5.69 Å². The van der Waals surface area contributed by atoms with Crippen LogP contribution in [0.25, 0.3) is 0 Å². The molecule has 0 atom stereocenters. The van der Waals surface area contributed by atoms with E-state index < -0.39 is 17.6 Å². The van der Waals surface area contributed by atoms with Crippen molar-refractivity contribution in [2.75, 3.05) is 7.11 Å². The van der Waals surface area contributed by atoms with Crippen molar-refractivity contribution in [1.82, 2.24) is 15.0 Å². The lowest BCUT2D eigenvalue weighted by molar-refractivity contribution is 0.0592. The number of methoxy groups -OCH3 is 1. The molecule has 0 spiro atoms. The molecule has 0 amide bonds. The van der Waals surface area contributed by atoms with Crippen molar-refractivity contribution < 1.29 is 18.3 Å². The van der Waals surface area contributed by atoms with Crippen LogP contribution in [0.3, 0.4) is 0 Å². The Kier molecular flexibility index (Phi) is 4.30. The second kappa shape index (κ2) is 5.99. The van der Waals surface area contributed by atoms with Crippen molar-refractivity contribution in [1.29, 1.82) is 0 Å². The number of aromatic nitrogens is 3. The van der Waals surface area contributed by atoms with Gasteiger partial charge in [-0.05, 0) is 18.1 Å². The molecule has 0 radical (unpaired) electrons. The van der Waals surface area contributed by atoms with E-state index in [1.807, 2.05) is 13.8 Å². The van der Waals surface area contributed by atoms with Gasteiger partial charge in [-0.15, -0.1) is 5.10 Å². The highest BCUT2D eigenvalue weighted by Gasteiger charge is 2.23. The van der Waals surface area contributed by atoms with E-state index in [0.717, 1.165) is 0 Å². The molecule has 5 nitrogen and oxygen atoms in total. The Morgan fingerprint density at radius 3 is 2.48 bits per heavy atom. The standard InChI is InChI=1S/C14H15F2N3O2/c1-8(2)13-12(14(20)21-3)17-18-19(13)7-9-10(15)5-4-6-11(9)16/h4-6,8H,7H2,1-3H3. The molecule has 0 aliphatic carbocycles. The number of rotatable bonds is 4. The Bertz CT molecular complexity index is 648. The molecule has 1 aromatic heterocycles. The lowest BCUT2D eigenvalue weighted by atomic mass is 10.1. The first-order chi connectivity index (χ1) is 9.95. The molecule has 0 saturated carbocycles. The number of carbonyl (C=O) groups excluding carboxylic acids is 1. The fourth-order valence-corrected chi connectivity index (χ4v) is 2.08. The second-order valence-corrected chi connectivity index (χ2v) is 4.83. The van der Waals surface area contributed by atoms with Crippen LogP contribution in [0.15, 0.2) is 18.2 Å². The summed E-state index contributed by atoms with van der Waals surface area (Å²) in [6.45, 7) is 3.52. The van der Waals surface area contributed by atoms with Crippen LogP contribution in [-0.2, 0) is 11.3 Å². The van der Waals surface area contributed by atoms with E-state index in [1.165, 1.54) is 30.0 Å². The molecule has 1 heterocycles. The zero-order chi connectivity index (χ0) is 15.6. The quantitative estimate of drug-likeness (QED) is 0.813. The van der Waals surface area contributed by atoms with Gasteiger partial charge in [-0.1, -0.05) is 25.1 Å². The van der Waals surface area contributed by atoms with Crippen LogP contribution in [0.1, 0.15) is 41.5 Å². The van der Waals surface area contributed by atoms with E-state index in [0.29, 0.717) is 5.69 Å². The third-order valence-corrected chi connectivity index (χ3v) is 3.07. The molecule has 0 N–H and O–H groups in total. The predicted molar refractivity (Wildman–Crippen MR) is 70.9 cm³/mol. The summed E-state index contributed by atoms with van der Waals surface area (Å²) in [5, 5.41) is 7.57. The van der Waals surface area contributed by atoms with Crippen LogP contribution in [-0.4, -0.2) is 28.1 Å². The molecular weight excluding hydrogens is 280 g/mol. The first kappa shape index (κ1) is 15.1. The number of nitrogens with zero attached hydrogens (tertiary/aromatic N) is 3. The van der Waals surface area contributed by atoms with Gasteiger partial charge in [0.2, 0.25) is 0 Å². The summed E-state index contributed by atoms with van der Waals surface area (Å²) in [4.78, 5) is 11.7. The second-order valence-electron chi connectivity index (χ2n) is 4.83. The molecular formula is C14H15F2N3O2. The maximum atomic E-state index is 13.7. The van der Waals surface area contributed by atoms with Crippen LogP contribution in [0.5, 0.6) is 0 Å². The number of benzene rings is 1. The van der Waals surface area contributed by atoms with E-state index in [4.69, 9.17) is 0 Å². The molecule has 21 heavy (non-hydrogen) atoms. The maximum absolute atomic E-state index is 13.7. The van der Waals surface area contributed by atoms with Gasteiger partial charge in [-0.2, -0.15) is 0 Å². The van der Waals surface area contributed by atoms with Crippen LogP contribution in [0.2, 0.25) is 0 Å². The highest BCUT2D eigenvalue weighted by Crippen LogP contribution is 2.21. The molecule has 112 valence electrons. The van der Waals surface area contributed by atoms with Crippen molar-refractivity contribution in [2.24, 2.45) is 0 Å². The molecule has 0 aliphatic heterocycles. The van der Waals surface area contributed by atoms with Crippen molar-refractivity contribution >= 4 is 5.97 Å². The van der Waals surface area contributed by atoms with Crippen LogP contribution >= 0.6 is 0 Å². The maximum Gasteiger partial charge on any atom is 0.360 e. The molecule has 2 rings (SSSR count). The Morgan fingerprint density at radius 2 is 1.95 bits per heavy atom. The van der Waals surface area contributed by atoms with Crippen molar-refractivity contribution in [3.05, 3.63) is 46.8 Å². The number of ether oxygens (including phenoxy) is 1. The topological polar surface area (TPSA) is 57.0 Å². The summed E-state index contributed by atoms with van der Waals surface area (Å²) in [6.07, 6.45) is 0. The average molecular weight is 295 g/mol. The first-order valence-electron chi connectivity index (χ1n) is 6.40. The van der Waals surface area contributed by atoms with E-state index in [2.05, 4.69) is 15.0 Å². The van der Waals surface area contributed by atoms with Gasteiger partial charge < -0.3 is 4.74 Å². The fourth-order valence-electron chi connectivity index (χ4n) is 2.08. The third kappa shape index (κ3) is 2.91. The number of hydrogen-bond acceptors (Lipinski definition) is 4. The molecule has 0 aliphatic rings. The summed E-state index contributed by atoms with van der Waals surface area (Å²) in [5.41, 5.74) is 0.412. The molecule has 0 bridgehead atoms. The minimum atomic E-state index is -0.667. The Balaban J connectivity index is 2.46. The van der Waals surface area contributed by atoms with Gasteiger partial charge in [-0.3, -0.25) is 0 Å². The highest BCUT2D eigenvalue weighted by molar-refractivity contribution is 5.88. The molecule has 0 fully saturated rings. The van der Waals surface area contributed by atoms with E-state index in [9.17, 15) is 13.6 Å². The lowest BCUT2D eigenvalue weighted by Gasteiger charge is -2.11. The van der Waals surface area contributed by atoms with Crippen LogP contribution in [0, 0.1) is 11.6 Å². The largest absolute Gasteiger partial charge is 0.464 e. The molecule has 2 aromatic rings. The average Bonchev–Trinajstić information content (AvgIpc) is 2.86. The van der Waals surface area contributed by atoms with Gasteiger partial charge in [0.1, 0.15) is 11.6 Å². The Hall–Kier alpha value is -2.31. The number of esters is 1. The van der Waals surface area contributed by atoms with E-state index >= 15 is 0 Å². The van der Waals surface area contributed by atoms with Crippen molar-refractivity contribution in [3.8, 4) is 0 Å². The van der Waals surface area contributed by atoms with E-state index in [-0.39, 0.29) is 23.7 Å². The summed E-state index contributed by atoms with van der Waals surface area (Å²) in [6, 6.07) is 3.63. The third-order valence-electron chi connectivity index (χ3n) is 3.07. The monoisotopic (exact) mass is 295 g/mol. The first-order valence-corrected chi connectivity index (χ1v) is 6.40. The Morgan fingerprint density at radius 1 is 1.33 bits per heavy atom. The molecule has 1 aromatic carbocycles. The number of hydrogen-bond donors (Lipinski definition) is 0. The Labute approximate surface area is 120 Å². The zero-order valence-electron chi connectivity index (χ0n) is 11.9. The molecule has 7 heteroatoms. The zero-order valence-corrected chi connectivity index (χ0v) is 11.9. The van der Waals surface area contributed by atoms with Gasteiger partial charge in [0, 0.05) is 5.56 Å². The summed E-state index contributed by atoms with van der Waals surface area (Å²) < 4.78 is 33.4. The smallest absolute Gasteiger partial charge is 0.360 e. The normalized spacial score (nSPS) is 11.0. The SMILES string of the molecule is COC(=O)c1nnn(Cc2c(F)cccc2F)c1C(C)C. The summed E-state index contributed by atoms with van der Waals surface area (Å²) >= 11 is 0. The van der Waals surface area contributed by atoms with Gasteiger partial charge >= 0.3 is 5.97 Å². The van der Waals surface area contributed by atoms with Crippen molar-refractivity contribution in [3.63, 3.8) is 0 Å². The fraction of sp³-hybridized carbons (Fsp3) is 0.357. The van der Waals surface area contributed by atoms with Crippen LogP contribution in [0.4, 0.5) is 8.78 Å². The lowest BCUT2D eigenvalue weighted by Crippen LogP contribution is -2.13. The van der Waals surface area contributed by atoms with E-state index in [1.54, 1.807) is 0 Å². The number of carbonyl (C=O) groups is 1.